The zero-order chi connectivity index (χ0) is 23.6. The van der Waals surface area contributed by atoms with E-state index in [1.807, 2.05) is 34.4 Å². The van der Waals surface area contributed by atoms with Crippen LogP contribution in [0.1, 0.15) is 114 Å². The lowest BCUT2D eigenvalue weighted by Gasteiger charge is -2.05. The van der Waals surface area contributed by atoms with Gasteiger partial charge < -0.3 is 0 Å². The molecule has 0 saturated heterocycles. The van der Waals surface area contributed by atoms with Crippen molar-refractivity contribution in [2.24, 2.45) is 0 Å². The van der Waals surface area contributed by atoms with Crippen LogP contribution in [0.4, 0.5) is 0 Å². The van der Waals surface area contributed by atoms with Crippen LogP contribution in [0.2, 0.25) is 0 Å². The normalized spacial score (nSPS) is 14.2. The zero-order valence-electron chi connectivity index (χ0n) is 21.0. The molecule has 6 heteroatoms. The van der Waals surface area contributed by atoms with Crippen LogP contribution in [0, 0.1) is 0 Å². The molecule has 34 heavy (non-hydrogen) atoms. The molecule has 0 amide bonds. The van der Waals surface area contributed by atoms with E-state index in [4.69, 9.17) is 9.97 Å². The Labute approximate surface area is 222 Å². The summed E-state index contributed by atoms with van der Waals surface area (Å²) in [6, 6.07) is 2.31. The van der Waals surface area contributed by atoms with Crippen LogP contribution in [0.15, 0.2) is 17.0 Å². The lowest BCUT2D eigenvalue weighted by atomic mass is 10.0. The molecule has 4 heterocycles. The van der Waals surface area contributed by atoms with Crippen LogP contribution in [0.5, 0.6) is 0 Å². The Bertz CT molecular complexity index is 1010. The van der Waals surface area contributed by atoms with Gasteiger partial charge in [-0.05, 0) is 49.1 Å². The lowest BCUT2D eigenvalue weighted by Crippen LogP contribution is -1.87. The average Bonchev–Trinajstić information content (AvgIpc) is 3.61. The van der Waals surface area contributed by atoms with E-state index in [-0.39, 0.29) is 0 Å². The minimum Gasteiger partial charge on any atom is -0.223 e. The molecule has 3 aromatic heterocycles. The maximum Gasteiger partial charge on any atom is 0.155 e. The molecular weight excluding hydrogens is 493 g/mol. The highest BCUT2D eigenvalue weighted by molar-refractivity contribution is 8.08. The molecule has 4 rings (SSSR count). The molecule has 0 aliphatic carbocycles. The van der Waals surface area contributed by atoms with Gasteiger partial charge in [0.25, 0.3) is 0 Å². The largest absolute Gasteiger partial charge is 0.223 e. The Balaban J connectivity index is 1.36. The van der Waals surface area contributed by atoms with Crippen LogP contribution in [0.3, 0.4) is 0 Å². The third-order valence-corrected chi connectivity index (χ3v) is 11.2. The summed E-state index contributed by atoms with van der Waals surface area (Å²) in [6.07, 6.45) is 20.0. The van der Waals surface area contributed by atoms with Gasteiger partial charge >= 0.3 is 0 Å². The van der Waals surface area contributed by atoms with Gasteiger partial charge in [-0.3, -0.25) is 0 Å². The number of nitrogens with zero attached hydrogens (tertiary/aromatic N) is 2. The maximum atomic E-state index is 5.08. The molecule has 0 spiro atoms. The number of thioether (sulfide) groups is 1. The molecule has 0 aromatic carbocycles. The predicted octanol–water partition coefficient (Wildman–Crippen LogP) is 11.0. The maximum absolute atomic E-state index is 5.08. The number of aromatic nitrogens is 2. The fourth-order valence-electron chi connectivity index (χ4n) is 4.71. The van der Waals surface area contributed by atoms with Crippen molar-refractivity contribution < 1.29 is 0 Å². The van der Waals surface area contributed by atoms with Crippen molar-refractivity contribution in [1.82, 2.24) is 9.97 Å². The minimum absolute atomic E-state index is 1.13. The van der Waals surface area contributed by atoms with Crippen LogP contribution in [-0.4, -0.2) is 15.7 Å². The van der Waals surface area contributed by atoms with E-state index < -0.39 is 0 Å². The molecule has 0 radical (unpaired) electrons. The van der Waals surface area contributed by atoms with E-state index in [0.29, 0.717) is 0 Å². The lowest BCUT2D eigenvalue weighted by molar-refractivity contribution is 0.604. The second-order valence-corrected chi connectivity index (χ2v) is 13.5. The van der Waals surface area contributed by atoms with Crippen molar-refractivity contribution in [3.63, 3.8) is 0 Å². The number of rotatable bonds is 16. The van der Waals surface area contributed by atoms with Crippen LogP contribution in [0.25, 0.3) is 24.5 Å². The summed E-state index contributed by atoms with van der Waals surface area (Å²) in [6.45, 7) is 4.58. The van der Waals surface area contributed by atoms with Crippen molar-refractivity contribution in [2.75, 3.05) is 5.75 Å². The van der Waals surface area contributed by atoms with E-state index >= 15 is 0 Å². The highest BCUT2D eigenvalue weighted by Crippen LogP contribution is 2.45. The van der Waals surface area contributed by atoms with Gasteiger partial charge in [0.15, 0.2) is 9.66 Å². The Morgan fingerprint density at radius 3 is 2.09 bits per heavy atom. The first-order valence-corrected chi connectivity index (χ1v) is 17.0. The van der Waals surface area contributed by atoms with Crippen molar-refractivity contribution in [3.8, 4) is 9.88 Å². The quantitative estimate of drug-likeness (QED) is 0.172. The number of unbranched alkanes of at least 4 members (excludes halogenated alkanes) is 10. The second-order valence-electron chi connectivity index (χ2n) is 9.49. The number of allylic oxidation sites excluding steroid dienone is 1. The zero-order valence-corrected chi connectivity index (χ0v) is 24.3. The fourth-order valence-corrected chi connectivity index (χ4v) is 9.26. The van der Waals surface area contributed by atoms with E-state index in [2.05, 4.69) is 25.3 Å². The monoisotopic (exact) mass is 532 g/mol. The molecule has 3 aromatic rings. The highest BCUT2D eigenvalue weighted by Gasteiger charge is 2.22. The Morgan fingerprint density at radius 2 is 1.35 bits per heavy atom. The van der Waals surface area contributed by atoms with Crippen LogP contribution >= 0.6 is 45.8 Å². The van der Waals surface area contributed by atoms with Crippen molar-refractivity contribution in [2.45, 2.75) is 110 Å². The number of thiazole rings is 2. The first kappa shape index (κ1) is 26.4. The molecule has 0 bridgehead atoms. The fraction of sp³-hybridized carbons (Fsp3) is 0.643. The summed E-state index contributed by atoms with van der Waals surface area (Å²) in [5.41, 5.74) is 3.14. The van der Waals surface area contributed by atoms with Gasteiger partial charge in [0.05, 0.1) is 4.88 Å². The number of fused-ring (bicyclic) bond motifs is 1. The summed E-state index contributed by atoms with van der Waals surface area (Å²) in [5, 5.41) is 4.64. The predicted molar refractivity (Wildman–Crippen MR) is 158 cm³/mol. The Kier molecular flexibility index (Phi) is 11.0. The van der Waals surface area contributed by atoms with Crippen molar-refractivity contribution in [3.05, 3.63) is 27.6 Å². The summed E-state index contributed by atoms with van der Waals surface area (Å²) in [7, 11) is 0. The number of aryl methyl sites for hydroxylation is 1. The molecule has 1 aliphatic rings. The summed E-state index contributed by atoms with van der Waals surface area (Å²) < 4.78 is 0. The topological polar surface area (TPSA) is 25.8 Å². The molecule has 0 fully saturated rings. The molecule has 1 aliphatic heterocycles. The van der Waals surface area contributed by atoms with E-state index in [9.17, 15) is 0 Å². The molecule has 186 valence electrons. The van der Waals surface area contributed by atoms with E-state index in [0.717, 1.165) is 9.66 Å². The van der Waals surface area contributed by atoms with Gasteiger partial charge in [-0.15, -0.1) is 23.1 Å². The van der Waals surface area contributed by atoms with Crippen LogP contribution < -0.4 is 0 Å². The van der Waals surface area contributed by atoms with Gasteiger partial charge in [0.2, 0.25) is 0 Å². The van der Waals surface area contributed by atoms with Crippen LogP contribution in [-0.2, 0) is 6.42 Å². The number of hydrogen-bond donors (Lipinski definition) is 0. The average molecular weight is 533 g/mol. The molecule has 2 nitrogen and oxygen atoms in total. The third kappa shape index (κ3) is 7.18. The Morgan fingerprint density at radius 1 is 0.735 bits per heavy atom. The summed E-state index contributed by atoms with van der Waals surface area (Å²) in [4.78, 5) is 15.3. The van der Waals surface area contributed by atoms with Gasteiger partial charge in [0, 0.05) is 10.7 Å². The molecule has 0 unspecified atom stereocenters. The summed E-state index contributed by atoms with van der Waals surface area (Å²) >= 11 is 7.48. The first-order chi connectivity index (χ1) is 16.8. The number of thiophene rings is 1. The standard InChI is InChI=1S/C28H40N2S4/c1-3-5-7-9-11-13-15-21-17-19-31-23(21)25-29-27-28(33-25)30-26(34-27)24-22(18-20-32-24)16-14-12-10-8-6-4-2/h17,19H,3-16,18,20H2,1-2H3. The minimum atomic E-state index is 1.13. The summed E-state index contributed by atoms with van der Waals surface area (Å²) in [5.74, 6) is 1.23. The molecular formula is C28H40N2S4. The molecule has 0 atom stereocenters. The highest BCUT2D eigenvalue weighted by atomic mass is 32.2. The smallest absolute Gasteiger partial charge is 0.155 e. The van der Waals surface area contributed by atoms with E-state index in [1.165, 1.54) is 127 Å². The second kappa shape index (κ2) is 14.2. The van der Waals surface area contributed by atoms with Gasteiger partial charge in [-0.2, -0.15) is 0 Å². The van der Waals surface area contributed by atoms with Crippen molar-refractivity contribution >= 4 is 60.3 Å². The number of hydrogen-bond acceptors (Lipinski definition) is 6. The van der Waals surface area contributed by atoms with E-state index in [1.54, 1.807) is 16.9 Å². The van der Waals surface area contributed by atoms with Gasteiger partial charge in [-0.25, -0.2) is 9.97 Å². The van der Waals surface area contributed by atoms with Gasteiger partial charge in [0.1, 0.15) is 10.0 Å². The Hall–Kier alpha value is -0.690. The van der Waals surface area contributed by atoms with Gasteiger partial charge in [-0.1, -0.05) is 106 Å². The SMILES string of the molecule is CCCCCCCCC1=C(c2nc3sc(-c4sccc4CCCCCCCC)nc3s2)SCC1. The van der Waals surface area contributed by atoms with Crippen molar-refractivity contribution in [1.29, 1.82) is 0 Å². The first-order valence-electron chi connectivity index (χ1n) is 13.5. The molecule has 0 saturated carbocycles. The molecule has 0 N–H and O–H groups in total. The third-order valence-electron chi connectivity index (χ3n) is 6.71.